The van der Waals surface area contributed by atoms with Gasteiger partial charge in [-0.25, -0.2) is 0 Å². The van der Waals surface area contributed by atoms with Gasteiger partial charge in [0.15, 0.2) is 6.61 Å². The number of amides is 2. The van der Waals surface area contributed by atoms with E-state index in [0.29, 0.717) is 10.8 Å². The van der Waals surface area contributed by atoms with Crippen LogP contribution in [0.5, 0.6) is 5.75 Å². The van der Waals surface area contributed by atoms with Crippen LogP contribution in [0.1, 0.15) is 70.9 Å². The average molecular weight is 485 g/mol. The number of hydrogen-bond acceptors (Lipinski definition) is 3. The first-order chi connectivity index (χ1) is 16.2. The van der Waals surface area contributed by atoms with Gasteiger partial charge in [-0.2, -0.15) is 0 Å². The Morgan fingerprint density at radius 3 is 2.38 bits per heavy atom. The monoisotopic (exact) mass is 484 g/mol. The van der Waals surface area contributed by atoms with Crippen LogP contribution in [0.25, 0.3) is 0 Å². The van der Waals surface area contributed by atoms with Crippen LogP contribution in [-0.4, -0.2) is 35.4 Å². The van der Waals surface area contributed by atoms with Crippen LogP contribution in [0.4, 0.5) is 0 Å². The lowest BCUT2D eigenvalue weighted by Gasteiger charge is -2.31. The summed E-state index contributed by atoms with van der Waals surface area (Å²) in [6, 6.07) is 14.7. The smallest absolute Gasteiger partial charge is 0.261 e. The van der Waals surface area contributed by atoms with Crippen molar-refractivity contribution in [3.05, 3.63) is 64.7 Å². The molecule has 1 saturated carbocycles. The SMILES string of the molecule is CC(C(=O)NC1CCCCC1)N(Cc1ccccc1Cl)C(=O)COc1ccccc1C(C)(C)C. The second kappa shape index (κ2) is 11.7. The second-order valence-corrected chi connectivity index (χ2v) is 10.6. The summed E-state index contributed by atoms with van der Waals surface area (Å²) in [6.45, 7) is 8.19. The first-order valence-electron chi connectivity index (χ1n) is 12.2. The summed E-state index contributed by atoms with van der Waals surface area (Å²) < 4.78 is 6.00. The number of benzene rings is 2. The van der Waals surface area contributed by atoms with Crippen molar-refractivity contribution in [3.63, 3.8) is 0 Å². The maximum atomic E-state index is 13.4. The minimum atomic E-state index is -0.646. The highest BCUT2D eigenvalue weighted by molar-refractivity contribution is 6.31. The molecule has 3 rings (SSSR count). The van der Waals surface area contributed by atoms with Crippen molar-refractivity contribution in [2.75, 3.05) is 6.61 Å². The van der Waals surface area contributed by atoms with Crippen molar-refractivity contribution in [1.82, 2.24) is 10.2 Å². The molecule has 5 nitrogen and oxygen atoms in total. The van der Waals surface area contributed by atoms with E-state index >= 15 is 0 Å². The van der Waals surface area contributed by atoms with Gasteiger partial charge in [0.05, 0.1) is 0 Å². The molecule has 2 aromatic rings. The number of hydrogen-bond donors (Lipinski definition) is 1. The zero-order valence-electron chi connectivity index (χ0n) is 20.8. The lowest BCUT2D eigenvalue weighted by Crippen LogP contribution is -2.51. The predicted octanol–water partition coefficient (Wildman–Crippen LogP) is 5.88. The van der Waals surface area contributed by atoms with Gasteiger partial charge in [-0.15, -0.1) is 0 Å². The van der Waals surface area contributed by atoms with E-state index in [4.69, 9.17) is 16.3 Å². The summed E-state index contributed by atoms with van der Waals surface area (Å²) >= 11 is 6.39. The molecular formula is C28H37ClN2O3. The molecule has 34 heavy (non-hydrogen) atoms. The molecule has 1 aliphatic carbocycles. The molecule has 1 aliphatic rings. The number of para-hydroxylation sites is 1. The van der Waals surface area contributed by atoms with Crippen LogP contribution in [0.15, 0.2) is 48.5 Å². The van der Waals surface area contributed by atoms with E-state index in [1.807, 2.05) is 42.5 Å². The minimum absolute atomic E-state index is 0.121. The Bertz CT molecular complexity index is 980. The first-order valence-corrected chi connectivity index (χ1v) is 12.6. The fourth-order valence-electron chi connectivity index (χ4n) is 4.40. The Morgan fingerprint density at radius 1 is 1.06 bits per heavy atom. The summed E-state index contributed by atoms with van der Waals surface area (Å²) in [5.41, 5.74) is 1.71. The van der Waals surface area contributed by atoms with Gasteiger partial charge in [0.25, 0.3) is 5.91 Å². The van der Waals surface area contributed by atoms with Gasteiger partial charge in [0, 0.05) is 17.6 Å². The molecule has 1 N–H and O–H groups in total. The van der Waals surface area contributed by atoms with Gasteiger partial charge >= 0.3 is 0 Å². The molecule has 0 spiro atoms. The van der Waals surface area contributed by atoms with Crippen LogP contribution in [0, 0.1) is 0 Å². The lowest BCUT2D eigenvalue weighted by atomic mass is 9.86. The molecule has 1 atom stereocenters. The predicted molar refractivity (Wildman–Crippen MR) is 137 cm³/mol. The van der Waals surface area contributed by atoms with Crippen molar-refractivity contribution in [2.45, 2.75) is 83.8 Å². The molecule has 0 aromatic heterocycles. The zero-order chi connectivity index (χ0) is 24.7. The van der Waals surface area contributed by atoms with E-state index in [9.17, 15) is 9.59 Å². The largest absolute Gasteiger partial charge is 0.483 e. The Labute approximate surface area is 208 Å². The number of halogens is 1. The number of nitrogens with one attached hydrogen (secondary N) is 1. The number of nitrogens with zero attached hydrogens (tertiary/aromatic N) is 1. The highest BCUT2D eigenvalue weighted by atomic mass is 35.5. The van der Waals surface area contributed by atoms with Crippen LogP contribution in [-0.2, 0) is 21.5 Å². The summed E-state index contributed by atoms with van der Waals surface area (Å²) in [5, 5.41) is 3.72. The zero-order valence-corrected chi connectivity index (χ0v) is 21.5. The van der Waals surface area contributed by atoms with E-state index in [1.165, 1.54) is 6.42 Å². The fourth-order valence-corrected chi connectivity index (χ4v) is 4.59. The molecule has 0 aliphatic heterocycles. The van der Waals surface area contributed by atoms with Gasteiger partial charge in [0.1, 0.15) is 11.8 Å². The molecular weight excluding hydrogens is 448 g/mol. The molecule has 0 bridgehead atoms. The maximum Gasteiger partial charge on any atom is 0.261 e. The summed E-state index contributed by atoms with van der Waals surface area (Å²) in [6.07, 6.45) is 5.45. The molecule has 0 heterocycles. The number of ether oxygens (including phenoxy) is 1. The third-order valence-corrected chi connectivity index (χ3v) is 6.83. The van der Waals surface area contributed by atoms with Crippen molar-refractivity contribution in [2.24, 2.45) is 0 Å². The van der Waals surface area contributed by atoms with Gasteiger partial charge in [-0.3, -0.25) is 9.59 Å². The normalized spacial score (nSPS) is 15.4. The van der Waals surface area contributed by atoms with Crippen LogP contribution in [0.3, 0.4) is 0 Å². The summed E-state index contributed by atoms with van der Waals surface area (Å²) in [7, 11) is 0. The van der Waals surface area contributed by atoms with Gasteiger partial charge in [-0.1, -0.05) is 88.0 Å². The van der Waals surface area contributed by atoms with Gasteiger partial charge < -0.3 is 15.0 Å². The van der Waals surface area contributed by atoms with Crippen LogP contribution >= 0.6 is 11.6 Å². The highest BCUT2D eigenvalue weighted by Gasteiger charge is 2.29. The van der Waals surface area contributed by atoms with Gasteiger partial charge in [0.2, 0.25) is 5.91 Å². The van der Waals surface area contributed by atoms with Crippen molar-refractivity contribution in [3.8, 4) is 5.75 Å². The van der Waals surface area contributed by atoms with E-state index in [2.05, 4.69) is 26.1 Å². The molecule has 1 unspecified atom stereocenters. The number of rotatable bonds is 8. The minimum Gasteiger partial charge on any atom is -0.483 e. The van der Waals surface area contributed by atoms with E-state index in [1.54, 1.807) is 17.9 Å². The molecule has 2 aromatic carbocycles. The lowest BCUT2D eigenvalue weighted by molar-refractivity contribution is -0.142. The highest BCUT2D eigenvalue weighted by Crippen LogP contribution is 2.31. The molecule has 0 saturated heterocycles. The average Bonchev–Trinajstić information content (AvgIpc) is 2.82. The molecule has 184 valence electrons. The van der Waals surface area contributed by atoms with Crippen molar-refractivity contribution in [1.29, 1.82) is 0 Å². The Kier molecular flexibility index (Phi) is 9.01. The maximum absolute atomic E-state index is 13.4. The van der Waals surface area contributed by atoms with Crippen LogP contribution < -0.4 is 10.1 Å². The van der Waals surface area contributed by atoms with E-state index in [0.717, 1.165) is 36.8 Å². The quantitative estimate of drug-likeness (QED) is 0.508. The Morgan fingerprint density at radius 2 is 1.71 bits per heavy atom. The fraction of sp³-hybridized carbons (Fsp3) is 0.500. The standard InChI is InChI=1S/C28H37ClN2O3/c1-20(27(33)30-22-13-6-5-7-14-22)31(18-21-12-8-10-16-24(21)29)26(32)19-34-25-17-11-9-15-23(25)28(2,3)4/h8-12,15-17,20,22H,5-7,13-14,18-19H2,1-4H3,(H,30,33). The van der Waals surface area contributed by atoms with Gasteiger partial charge in [-0.05, 0) is 48.4 Å². The van der Waals surface area contributed by atoms with Crippen molar-refractivity contribution < 1.29 is 14.3 Å². The van der Waals surface area contributed by atoms with Crippen molar-refractivity contribution >= 4 is 23.4 Å². The summed E-state index contributed by atoms with van der Waals surface area (Å²) in [5.74, 6) is 0.290. The third kappa shape index (κ3) is 6.99. The van der Waals surface area contributed by atoms with E-state index in [-0.39, 0.29) is 36.4 Å². The molecule has 2 amide bonds. The molecule has 6 heteroatoms. The Hall–Kier alpha value is -2.53. The van der Waals surface area contributed by atoms with E-state index < -0.39 is 6.04 Å². The Balaban J connectivity index is 1.76. The number of carbonyl (C=O) groups is 2. The molecule has 1 fully saturated rings. The number of carbonyl (C=O) groups excluding carboxylic acids is 2. The first kappa shape index (κ1) is 26.1. The summed E-state index contributed by atoms with van der Waals surface area (Å²) in [4.78, 5) is 28.1. The second-order valence-electron chi connectivity index (χ2n) is 10.2. The topological polar surface area (TPSA) is 58.6 Å². The molecule has 0 radical (unpaired) electrons. The van der Waals surface area contributed by atoms with Crippen LogP contribution in [0.2, 0.25) is 5.02 Å². The third-order valence-electron chi connectivity index (χ3n) is 6.46.